The molecule has 0 amide bonds. The van der Waals surface area contributed by atoms with Crippen LogP contribution < -0.4 is 0 Å². The average molecular weight is 285 g/mol. The van der Waals surface area contributed by atoms with Crippen LogP contribution in [0.2, 0.25) is 0 Å². The van der Waals surface area contributed by atoms with Crippen LogP contribution in [0.3, 0.4) is 0 Å². The molecule has 0 aliphatic rings. The zero-order chi connectivity index (χ0) is 14.8. The molecular weight excluding hydrogens is 270 g/mol. The van der Waals surface area contributed by atoms with Gasteiger partial charge in [-0.25, -0.2) is 0 Å². The minimum Gasteiger partial charge on any atom is -0.481 e. The van der Waals surface area contributed by atoms with Crippen LogP contribution in [0.1, 0.15) is 23.8 Å². The maximum absolute atomic E-state index is 10.8. The quantitative estimate of drug-likeness (QED) is 0.778. The molecule has 0 atom stereocenters. The lowest BCUT2D eigenvalue weighted by Crippen LogP contribution is -1.99. The van der Waals surface area contributed by atoms with Crippen molar-refractivity contribution < 1.29 is 14.3 Å². The smallest absolute Gasteiger partial charge is 0.303 e. The normalized spacial score (nSPS) is 11.1. The molecule has 3 aromatic rings. The van der Waals surface area contributed by atoms with Crippen molar-refractivity contribution in [3.8, 4) is 0 Å². The lowest BCUT2D eigenvalue weighted by molar-refractivity contribution is -0.136. The summed E-state index contributed by atoms with van der Waals surface area (Å²) in [6.07, 6.45) is 2.59. The Morgan fingerprint density at radius 2 is 2.14 bits per heavy atom. The van der Waals surface area contributed by atoms with Gasteiger partial charge in [0, 0.05) is 30.4 Å². The number of hydrogen-bond donors (Lipinski definition) is 1. The van der Waals surface area contributed by atoms with Crippen molar-refractivity contribution in [1.29, 1.82) is 0 Å². The highest BCUT2D eigenvalue weighted by atomic mass is 16.4. The SMILES string of the molecule is Cc1nnc(Cn2cc(CCC(=O)O)c3ccccc32)o1. The van der Waals surface area contributed by atoms with E-state index in [4.69, 9.17) is 9.52 Å². The molecule has 108 valence electrons. The summed E-state index contributed by atoms with van der Waals surface area (Å²) < 4.78 is 7.42. The molecule has 0 radical (unpaired) electrons. The fraction of sp³-hybridized carbons (Fsp3) is 0.267. The fourth-order valence-electron chi connectivity index (χ4n) is 2.44. The number of nitrogens with zero attached hydrogens (tertiary/aromatic N) is 3. The number of para-hydroxylation sites is 1. The maximum Gasteiger partial charge on any atom is 0.303 e. The van der Waals surface area contributed by atoms with Gasteiger partial charge >= 0.3 is 5.97 Å². The number of carboxylic acid groups (broad SMARTS) is 1. The molecule has 0 fully saturated rings. The van der Waals surface area contributed by atoms with Gasteiger partial charge in [-0.2, -0.15) is 0 Å². The van der Waals surface area contributed by atoms with Gasteiger partial charge in [-0.3, -0.25) is 4.79 Å². The van der Waals surface area contributed by atoms with Crippen molar-refractivity contribution in [2.24, 2.45) is 0 Å². The Morgan fingerprint density at radius 3 is 2.86 bits per heavy atom. The van der Waals surface area contributed by atoms with Crippen molar-refractivity contribution in [3.05, 3.63) is 47.8 Å². The summed E-state index contributed by atoms with van der Waals surface area (Å²) in [5.41, 5.74) is 2.05. The lowest BCUT2D eigenvalue weighted by atomic mass is 10.1. The van der Waals surface area contributed by atoms with Crippen LogP contribution in [0.5, 0.6) is 0 Å². The third-order valence-corrected chi connectivity index (χ3v) is 3.35. The number of carboxylic acids is 1. The van der Waals surface area contributed by atoms with E-state index in [0.717, 1.165) is 16.5 Å². The topological polar surface area (TPSA) is 81.2 Å². The zero-order valence-corrected chi connectivity index (χ0v) is 11.6. The van der Waals surface area contributed by atoms with E-state index in [9.17, 15) is 4.79 Å². The van der Waals surface area contributed by atoms with E-state index in [1.54, 1.807) is 6.92 Å². The third kappa shape index (κ3) is 2.79. The Balaban J connectivity index is 1.96. The molecule has 6 nitrogen and oxygen atoms in total. The monoisotopic (exact) mass is 285 g/mol. The first-order valence-corrected chi connectivity index (χ1v) is 6.71. The van der Waals surface area contributed by atoms with Crippen LogP contribution in [0.4, 0.5) is 0 Å². The summed E-state index contributed by atoms with van der Waals surface area (Å²) in [6, 6.07) is 7.91. The van der Waals surface area contributed by atoms with Crippen LogP contribution in [0.15, 0.2) is 34.9 Å². The van der Waals surface area contributed by atoms with Crippen molar-refractivity contribution in [2.45, 2.75) is 26.3 Å². The highest BCUT2D eigenvalue weighted by molar-refractivity contribution is 5.84. The number of carbonyl (C=O) groups is 1. The lowest BCUT2D eigenvalue weighted by Gasteiger charge is -2.00. The fourth-order valence-corrected chi connectivity index (χ4v) is 2.44. The number of benzene rings is 1. The molecule has 0 unspecified atom stereocenters. The van der Waals surface area contributed by atoms with Crippen molar-refractivity contribution in [1.82, 2.24) is 14.8 Å². The molecule has 21 heavy (non-hydrogen) atoms. The highest BCUT2D eigenvalue weighted by Gasteiger charge is 2.11. The Kier molecular flexibility index (Phi) is 3.43. The van der Waals surface area contributed by atoms with Gasteiger partial charge < -0.3 is 14.1 Å². The van der Waals surface area contributed by atoms with Crippen LogP contribution in [0.25, 0.3) is 10.9 Å². The van der Waals surface area contributed by atoms with Gasteiger partial charge in [-0.05, 0) is 18.1 Å². The molecule has 1 aromatic carbocycles. The summed E-state index contributed by atoms with van der Waals surface area (Å²) in [5, 5.41) is 17.7. The first kappa shape index (κ1) is 13.4. The maximum atomic E-state index is 10.8. The number of rotatable bonds is 5. The molecule has 0 saturated heterocycles. The molecule has 0 aliphatic carbocycles. The van der Waals surface area contributed by atoms with E-state index in [0.29, 0.717) is 24.7 Å². The van der Waals surface area contributed by atoms with E-state index < -0.39 is 5.97 Å². The van der Waals surface area contributed by atoms with Gasteiger partial charge in [0.25, 0.3) is 0 Å². The summed E-state index contributed by atoms with van der Waals surface area (Å²) in [7, 11) is 0. The number of aliphatic carboxylic acids is 1. The van der Waals surface area contributed by atoms with E-state index in [-0.39, 0.29) is 6.42 Å². The van der Waals surface area contributed by atoms with E-state index >= 15 is 0 Å². The molecular formula is C15H15N3O3. The molecule has 0 spiro atoms. The molecule has 2 heterocycles. The zero-order valence-electron chi connectivity index (χ0n) is 11.6. The van der Waals surface area contributed by atoms with Gasteiger partial charge in [-0.1, -0.05) is 18.2 Å². The van der Waals surface area contributed by atoms with Crippen LogP contribution in [-0.4, -0.2) is 25.8 Å². The Bertz CT molecular complexity index is 788. The standard InChI is InChI=1S/C15H15N3O3/c1-10-16-17-14(21-10)9-18-8-11(6-7-15(19)20)12-4-2-3-5-13(12)18/h2-5,8H,6-7,9H2,1H3,(H,19,20). The predicted molar refractivity (Wildman–Crippen MR) is 76.0 cm³/mol. The molecule has 0 aliphatic heterocycles. The minimum atomic E-state index is -0.792. The van der Waals surface area contributed by atoms with Crippen molar-refractivity contribution in [2.75, 3.05) is 0 Å². The van der Waals surface area contributed by atoms with Gasteiger partial charge in [0.1, 0.15) is 6.54 Å². The molecule has 0 bridgehead atoms. The van der Waals surface area contributed by atoms with Crippen LogP contribution in [-0.2, 0) is 17.8 Å². The number of aromatic nitrogens is 3. The summed E-state index contributed by atoms with van der Waals surface area (Å²) >= 11 is 0. The average Bonchev–Trinajstić information content (AvgIpc) is 3.02. The molecule has 1 N–H and O–H groups in total. The van der Waals surface area contributed by atoms with E-state index in [1.165, 1.54) is 0 Å². The molecule has 2 aromatic heterocycles. The van der Waals surface area contributed by atoms with E-state index in [2.05, 4.69) is 10.2 Å². The van der Waals surface area contributed by atoms with Crippen molar-refractivity contribution in [3.63, 3.8) is 0 Å². The largest absolute Gasteiger partial charge is 0.481 e. The number of fused-ring (bicyclic) bond motifs is 1. The van der Waals surface area contributed by atoms with E-state index in [1.807, 2.05) is 35.0 Å². The Morgan fingerprint density at radius 1 is 1.33 bits per heavy atom. The van der Waals surface area contributed by atoms with Crippen LogP contribution >= 0.6 is 0 Å². The third-order valence-electron chi connectivity index (χ3n) is 3.35. The van der Waals surface area contributed by atoms with Gasteiger partial charge in [-0.15, -0.1) is 10.2 Å². The first-order valence-electron chi connectivity index (χ1n) is 6.71. The van der Waals surface area contributed by atoms with Crippen LogP contribution in [0, 0.1) is 6.92 Å². The second-order valence-electron chi connectivity index (χ2n) is 4.91. The van der Waals surface area contributed by atoms with Gasteiger partial charge in [0.2, 0.25) is 11.8 Å². The van der Waals surface area contributed by atoms with Crippen molar-refractivity contribution >= 4 is 16.9 Å². The Labute approximate surface area is 121 Å². The summed E-state index contributed by atoms with van der Waals surface area (Å²) in [6.45, 7) is 2.23. The minimum absolute atomic E-state index is 0.119. The predicted octanol–water partition coefficient (Wildman–Crippen LogP) is 2.40. The molecule has 0 saturated carbocycles. The Hall–Kier alpha value is -2.63. The van der Waals surface area contributed by atoms with Gasteiger partial charge in [0.15, 0.2) is 0 Å². The second kappa shape index (κ2) is 5.40. The first-order chi connectivity index (χ1) is 10.1. The highest BCUT2D eigenvalue weighted by Crippen LogP contribution is 2.23. The van der Waals surface area contributed by atoms with Gasteiger partial charge in [0.05, 0.1) is 0 Å². The molecule has 6 heteroatoms. The number of hydrogen-bond acceptors (Lipinski definition) is 4. The second-order valence-corrected chi connectivity index (χ2v) is 4.91. The number of aryl methyl sites for hydroxylation is 2. The summed E-state index contributed by atoms with van der Waals surface area (Å²) in [5.74, 6) is 0.282. The molecule has 3 rings (SSSR count). The summed E-state index contributed by atoms with van der Waals surface area (Å²) in [4.78, 5) is 10.8.